The second-order valence-corrected chi connectivity index (χ2v) is 10.7. The molecule has 0 saturated carbocycles. The SMILES string of the molecule is COc1cc([N+](=O)[O-])c(S(=O)(=O)[O-])cc1N=NC(=NNc1cc(S(=O)(=O)[O-])c([N+](=O)[O-])cc1OC)C(=O)Nc1ccccc1. The van der Waals surface area contributed by atoms with Gasteiger partial charge in [-0.1, -0.05) is 18.2 Å². The highest BCUT2D eigenvalue weighted by Crippen LogP contribution is 2.38. The van der Waals surface area contributed by atoms with E-state index in [0.717, 1.165) is 14.2 Å². The molecule has 0 aliphatic carbocycles. The highest BCUT2D eigenvalue weighted by atomic mass is 32.2. The van der Waals surface area contributed by atoms with Gasteiger partial charge in [0, 0.05) is 5.69 Å². The van der Waals surface area contributed by atoms with E-state index in [1.165, 1.54) is 12.1 Å². The number of nitro groups is 2. The molecule has 3 rings (SSSR count). The van der Waals surface area contributed by atoms with Crippen molar-refractivity contribution >= 4 is 60.4 Å². The monoisotopic (exact) mass is 651 g/mol. The Hall–Kier alpha value is -5.58. The zero-order chi connectivity index (χ0) is 32.8. The summed E-state index contributed by atoms with van der Waals surface area (Å²) in [7, 11) is -8.72. The lowest BCUT2D eigenvalue weighted by atomic mass is 10.2. The molecule has 3 aromatic carbocycles. The van der Waals surface area contributed by atoms with Crippen LogP contribution in [0.4, 0.5) is 28.4 Å². The number of amidine groups is 1. The van der Waals surface area contributed by atoms with E-state index in [2.05, 4.69) is 26.1 Å². The Kier molecular flexibility index (Phi) is 9.85. The molecule has 2 N–H and O–H groups in total. The average molecular weight is 652 g/mol. The van der Waals surface area contributed by atoms with Gasteiger partial charge in [-0.2, -0.15) is 0 Å². The first-order valence-corrected chi connectivity index (χ1v) is 14.1. The van der Waals surface area contributed by atoms with Crippen molar-refractivity contribution in [3.05, 3.63) is 74.8 Å². The molecule has 0 radical (unpaired) electrons. The smallest absolute Gasteiger partial charge is 0.297 e. The van der Waals surface area contributed by atoms with Crippen molar-refractivity contribution in [3.63, 3.8) is 0 Å². The maximum Gasteiger partial charge on any atom is 0.297 e. The van der Waals surface area contributed by atoms with Crippen LogP contribution in [0, 0.1) is 20.2 Å². The van der Waals surface area contributed by atoms with Gasteiger partial charge in [-0.05, 0) is 24.3 Å². The minimum atomic E-state index is -5.41. The van der Waals surface area contributed by atoms with Crippen LogP contribution in [0.5, 0.6) is 11.5 Å². The lowest BCUT2D eigenvalue weighted by Crippen LogP contribution is -2.22. The summed E-state index contributed by atoms with van der Waals surface area (Å²) in [6, 6.07) is 9.90. The fourth-order valence-electron chi connectivity index (χ4n) is 3.31. The number of benzene rings is 3. The van der Waals surface area contributed by atoms with Crippen LogP contribution in [0.15, 0.2) is 79.7 Å². The number of azo groups is 1. The quantitative estimate of drug-likeness (QED) is 0.0795. The largest absolute Gasteiger partial charge is 0.744 e. The van der Waals surface area contributed by atoms with Crippen LogP contribution >= 0.6 is 0 Å². The normalized spacial score (nSPS) is 12.0. The summed E-state index contributed by atoms with van der Waals surface area (Å²) in [4.78, 5) is 30.8. The zero-order valence-electron chi connectivity index (χ0n) is 22.1. The third kappa shape index (κ3) is 7.82. The molecule has 20 nitrogen and oxygen atoms in total. The number of anilines is 2. The van der Waals surface area contributed by atoms with Crippen molar-refractivity contribution in [1.29, 1.82) is 0 Å². The van der Waals surface area contributed by atoms with Crippen LogP contribution in [0.1, 0.15) is 0 Å². The van der Waals surface area contributed by atoms with Gasteiger partial charge in [0.2, 0.25) is 0 Å². The molecular weight excluding hydrogens is 634 g/mol. The molecular formula is C22H17N7O13S2-2. The summed E-state index contributed by atoms with van der Waals surface area (Å²) in [5.74, 6) is -2.81. The molecule has 0 atom stereocenters. The number of hydrazone groups is 1. The van der Waals surface area contributed by atoms with E-state index in [0.29, 0.717) is 24.3 Å². The molecule has 0 unspecified atom stereocenters. The van der Waals surface area contributed by atoms with Crippen molar-refractivity contribution in [2.75, 3.05) is 25.0 Å². The number of nitro benzene ring substituents is 2. The van der Waals surface area contributed by atoms with E-state index in [1.54, 1.807) is 18.2 Å². The standard InChI is InChI=1S/C22H19N7O13S2/c1-41-17-10-15(28(31)32)19(43(35,36)37)8-13(17)24-26-21(22(30)23-12-6-4-3-5-7-12)27-25-14-9-20(44(38,39)40)16(29(33)34)11-18(14)42-2/h3-11,24H,1-2H3,(H,23,30)(H,35,36,37)(H,38,39,40)/p-2. The first kappa shape index (κ1) is 32.9. The van der Waals surface area contributed by atoms with Gasteiger partial charge < -0.3 is 23.9 Å². The maximum atomic E-state index is 13.0. The molecule has 232 valence electrons. The third-order valence-corrected chi connectivity index (χ3v) is 6.97. The van der Waals surface area contributed by atoms with Gasteiger partial charge in [0.1, 0.15) is 35.7 Å². The lowest BCUT2D eigenvalue weighted by molar-refractivity contribution is -0.388. The van der Waals surface area contributed by atoms with Crippen molar-refractivity contribution in [3.8, 4) is 11.5 Å². The number of nitrogens with one attached hydrogen (secondary N) is 2. The van der Waals surface area contributed by atoms with E-state index in [4.69, 9.17) is 9.47 Å². The Morgan fingerprint density at radius 3 is 1.84 bits per heavy atom. The molecule has 0 spiro atoms. The van der Waals surface area contributed by atoms with E-state index in [-0.39, 0.29) is 5.69 Å². The van der Waals surface area contributed by atoms with Crippen molar-refractivity contribution in [1.82, 2.24) is 0 Å². The molecule has 44 heavy (non-hydrogen) atoms. The van der Waals surface area contributed by atoms with Gasteiger partial charge in [-0.15, -0.1) is 15.3 Å². The van der Waals surface area contributed by atoms with Gasteiger partial charge in [0.25, 0.3) is 23.1 Å². The Balaban J connectivity index is 2.18. The zero-order valence-corrected chi connectivity index (χ0v) is 23.7. The second kappa shape index (κ2) is 13.2. The second-order valence-electron chi connectivity index (χ2n) is 8.00. The number of hydrogen-bond donors (Lipinski definition) is 2. The number of amides is 1. The van der Waals surface area contributed by atoms with Gasteiger partial charge in [-0.3, -0.25) is 30.4 Å². The Morgan fingerprint density at radius 2 is 1.34 bits per heavy atom. The van der Waals surface area contributed by atoms with Gasteiger partial charge >= 0.3 is 0 Å². The average Bonchev–Trinajstić information content (AvgIpc) is 2.95. The number of nitrogens with zero attached hydrogens (tertiary/aromatic N) is 5. The first-order chi connectivity index (χ1) is 20.6. The predicted molar refractivity (Wildman–Crippen MR) is 146 cm³/mol. The van der Waals surface area contributed by atoms with Gasteiger partial charge in [0.05, 0.1) is 41.9 Å². The number of para-hydroxylation sites is 1. The number of rotatable bonds is 10. The minimum absolute atomic E-state index is 0.223. The van der Waals surface area contributed by atoms with Gasteiger partial charge in [-0.25, -0.2) is 16.8 Å². The van der Waals surface area contributed by atoms with Crippen LogP contribution < -0.4 is 20.2 Å². The maximum absolute atomic E-state index is 13.0. The van der Waals surface area contributed by atoms with E-state index < -0.39 is 85.9 Å². The lowest BCUT2D eigenvalue weighted by Gasteiger charge is -2.13. The van der Waals surface area contributed by atoms with E-state index >= 15 is 0 Å². The molecule has 22 heteroatoms. The molecule has 0 saturated heterocycles. The minimum Gasteiger partial charge on any atom is -0.744 e. The Morgan fingerprint density at radius 1 is 0.818 bits per heavy atom. The molecule has 0 bridgehead atoms. The molecule has 0 aliphatic rings. The fourth-order valence-corrected chi connectivity index (χ4v) is 4.61. The van der Waals surface area contributed by atoms with Gasteiger partial charge in [0.15, 0.2) is 11.5 Å². The van der Waals surface area contributed by atoms with Crippen LogP contribution in [-0.4, -0.2) is 61.8 Å². The topological polar surface area (TPSA) is 297 Å². The number of hydrogen-bond acceptors (Lipinski definition) is 16. The summed E-state index contributed by atoms with van der Waals surface area (Å²) in [6.45, 7) is 0. The molecule has 0 aliphatic heterocycles. The summed E-state index contributed by atoms with van der Waals surface area (Å²) in [5, 5.41) is 36.0. The van der Waals surface area contributed by atoms with Crippen LogP contribution in [0.3, 0.4) is 0 Å². The van der Waals surface area contributed by atoms with Crippen LogP contribution in [-0.2, 0) is 25.0 Å². The molecule has 0 fully saturated rings. The predicted octanol–water partition coefficient (Wildman–Crippen LogP) is 2.48. The summed E-state index contributed by atoms with van der Waals surface area (Å²) >= 11 is 0. The molecule has 0 heterocycles. The summed E-state index contributed by atoms with van der Waals surface area (Å²) < 4.78 is 79.9. The third-order valence-electron chi connectivity index (χ3n) is 5.24. The number of methoxy groups -OCH3 is 2. The highest BCUT2D eigenvalue weighted by molar-refractivity contribution is 7.86. The number of carbonyl (C=O) groups is 1. The Labute approximate surface area is 246 Å². The number of carbonyl (C=O) groups excluding carboxylic acids is 1. The first-order valence-electron chi connectivity index (χ1n) is 11.3. The molecule has 0 aromatic heterocycles. The summed E-state index contributed by atoms with van der Waals surface area (Å²) in [6.07, 6.45) is 0. The van der Waals surface area contributed by atoms with Crippen molar-refractivity contribution in [2.45, 2.75) is 9.79 Å². The van der Waals surface area contributed by atoms with Crippen molar-refractivity contribution in [2.24, 2.45) is 15.3 Å². The number of ether oxygens (including phenoxy) is 2. The van der Waals surface area contributed by atoms with Crippen molar-refractivity contribution < 1.29 is 50.1 Å². The fraction of sp³-hybridized carbons (Fsp3) is 0.0909. The molecule has 1 amide bonds. The highest BCUT2D eigenvalue weighted by Gasteiger charge is 2.25. The van der Waals surface area contributed by atoms with E-state index in [1.807, 2.05) is 0 Å². The summed E-state index contributed by atoms with van der Waals surface area (Å²) in [5.41, 5.74) is -0.845. The Bertz CT molecular complexity index is 1910. The molecule has 3 aromatic rings. The van der Waals surface area contributed by atoms with Crippen LogP contribution in [0.2, 0.25) is 0 Å². The van der Waals surface area contributed by atoms with Crippen LogP contribution in [0.25, 0.3) is 0 Å². The van der Waals surface area contributed by atoms with E-state index in [9.17, 15) is 51.0 Å².